The van der Waals surface area contributed by atoms with Crippen molar-refractivity contribution in [1.82, 2.24) is 0 Å². The largest absolute Gasteiger partial charge is 0.496 e. The second-order valence-corrected chi connectivity index (χ2v) is 5.75. The summed E-state index contributed by atoms with van der Waals surface area (Å²) in [6.07, 6.45) is 5.05. The molecule has 0 amide bonds. The van der Waals surface area contributed by atoms with Crippen molar-refractivity contribution in [3.8, 4) is 5.75 Å². The molecule has 0 N–H and O–H groups in total. The van der Waals surface area contributed by atoms with Crippen molar-refractivity contribution in [2.75, 3.05) is 13.7 Å². The first-order chi connectivity index (χ1) is 9.21. The summed E-state index contributed by atoms with van der Waals surface area (Å²) in [7, 11) is 1.68. The third-order valence-corrected chi connectivity index (χ3v) is 4.00. The Labute approximate surface area is 125 Å². The summed E-state index contributed by atoms with van der Waals surface area (Å²) in [5.74, 6) is 1.56. The van der Waals surface area contributed by atoms with Gasteiger partial charge in [-0.15, -0.1) is 0 Å². The van der Waals surface area contributed by atoms with E-state index in [-0.39, 0.29) is 0 Å². The van der Waals surface area contributed by atoms with Gasteiger partial charge in [0.05, 0.1) is 18.2 Å². The van der Waals surface area contributed by atoms with Crippen LogP contribution in [0.2, 0.25) is 0 Å². The molecule has 108 valence electrons. The van der Waals surface area contributed by atoms with E-state index in [0.29, 0.717) is 12.5 Å². The Bertz CT molecular complexity index is 366. The van der Waals surface area contributed by atoms with Crippen molar-refractivity contribution in [3.05, 3.63) is 28.2 Å². The van der Waals surface area contributed by atoms with E-state index in [4.69, 9.17) is 9.47 Å². The molecule has 0 fully saturated rings. The van der Waals surface area contributed by atoms with E-state index >= 15 is 0 Å². The van der Waals surface area contributed by atoms with Gasteiger partial charge >= 0.3 is 0 Å². The smallest absolute Gasteiger partial charge is 0.133 e. The van der Waals surface area contributed by atoms with Crippen molar-refractivity contribution < 1.29 is 9.47 Å². The minimum absolute atomic E-state index is 0.672. The average molecular weight is 329 g/mol. The van der Waals surface area contributed by atoms with Crippen molar-refractivity contribution >= 4 is 15.9 Å². The zero-order valence-corrected chi connectivity index (χ0v) is 13.8. The van der Waals surface area contributed by atoms with E-state index in [0.717, 1.165) is 16.8 Å². The van der Waals surface area contributed by atoms with Crippen molar-refractivity contribution in [3.63, 3.8) is 0 Å². The molecule has 0 radical (unpaired) electrons. The van der Waals surface area contributed by atoms with Crippen LogP contribution < -0.4 is 4.74 Å². The van der Waals surface area contributed by atoms with Crippen molar-refractivity contribution in [1.29, 1.82) is 0 Å². The van der Waals surface area contributed by atoms with Crippen LogP contribution in [0.15, 0.2) is 22.7 Å². The van der Waals surface area contributed by atoms with Crippen molar-refractivity contribution in [2.24, 2.45) is 5.92 Å². The van der Waals surface area contributed by atoms with Gasteiger partial charge in [-0.3, -0.25) is 0 Å². The summed E-state index contributed by atoms with van der Waals surface area (Å²) < 4.78 is 12.0. The maximum atomic E-state index is 5.84. The van der Waals surface area contributed by atoms with Gasteiger partial charge in [0.2, 0.25) is 0 Å². The summed E-state index contributed by atoms with van der Waals surface area (Å²) in [6, 6.07) is 6.08. The molecule has 1 rings (SSSR count). The molecule has 0 aliphatic heterocycles. The van der Waals surface area contributed by atoms with E-state index in [2.05, 4.69) is 41.9 Å². The topological polar surface area (TPSA) is 18.5 Å². The Morgan fingerprint density at radius 3 is 2.63 bits per heavy atom. The molecule has 1 aromatic rings. The van der Waals surface area contributed by atoms with Gasteiger partial charge < -0.3 is 9.47 Å². The normalized spacial score (nSPS) is 12.4. The SMILES string of the molecule is CCCCC(CC)COCc1ccc(OC)c(Br)c1. The van der Waals surface area contributed by atoms with E-state index in [9.17, 15) is 0 Å². The predicted octanol–water partition coefficient (Wildman–Crippen LogP) is 5.19. The first kappa shape index (κ1) is 16.5. The van der Waals surface area contributed by atoms with Crippen LogP contribution in [0.5, 0.6) is 5.75 Å². The highest BCUT2D eigenvalue weighted by Gasteiger charge is 2.07. The van der Waals surface area contributed by atoms with Crippen LogP contribution in [0, 0.1) is 5.92 Å². The summed E-state index contributed by atoms with van der Waals surface area (Å²) in [5.41, 5.74) is 1.18. The maximum absolute atomic E-state index is 5.84. The first-order valence-electron chi connectivity index (χ1n) is 7.11. The molecule has 0 bridgehead atoms. The lowest BCUT2D eigenvalue weighted by molar-refractivity contribution is 0.0819. The summed E-state index contributed by atoms with van der Waals surface area (Å²) in [5, 5.41) is 0. The number of benzene rings is 1. The molecule has 0 saturated heterocycles. The maximum Gasteiger partial charge on any atom is 0.133 e. The van der Waals surface area contributed by atoms with Crippen LogP contribution in [0.4, 0.5) is 0 Å². The lowest BCUT2D eigenvalue weighted by Crippen LogP contribution is -2.08. The summed E-state index contributed by atoms with van der Waals surface area (Å²) >= 11 is 3.50. The Kier molecular flexibility index (Phi) is 8.15. The Balaban J connectivity index is 2.37. The number of rotatable bonds is 9. The van der Waals surface area contributed by atoms with Gasteiger partial charge in [-0.05, 0) is 46.0 Å². The van der Waals surface area contributed by atoms with E-state index < -0.39 is 0 Å². The summed E-state index contributed by atoms with van der Waals surface area (Å²) in [6.45, 7) is 6.02. The van der Waals surface area contributed by atoms with Gasteiger partial charge in [-0.25, -0.2) is 0 Å². The fourth-order valence-electron chi connectivity index (χ4n) is 2.04. The van der Waals surface area contributed by atoms with Crippen LogP contribution in [-0.4, -0.2) is 13.7 Å². The molecular formula is C16H25BrO2. The monoisotopic (exact) mass is 328 g/mol. The fraction of sp³-hybridized carbons (Fsp3) is 0.625. The van der Waals surface area contributed by atoms with Crippen LogP contribution in [0.25, 0.3) is 0 Å². The van der Waals surface area contributed by atoms with Gasteiger partial charge in [0, 0.05) is 6.61 Å². The first-order valence-corrected chi connectivity index (χ1v) is 7.90. The Hall–Kier alpha value is -0.540. The van der Waals surface area contributed by atoms with E-state index in [1.807, 2.05) is 6.07 Å². The minimum Gasteiger partial charge on any atom is -0.496 e. The molecule has 0 aliphatic carbocycles. The molecule has 3 heteroatoms. The molecule has 0 saturated carbocycles. The van der Waals surface area contributed by atoms with Gasteiger partial charge in [-0.2, -0.15) is 0 Å². The van der Waals surface area contributed by atoms with Gasteiger partial charge in [0.25, 0.3) is 0 Å². The Morgan fingerprint density at radius 2 is 2.05 bits per heavy atom. The van der Waals surface area contributed by atoms with E-state index in [1.165, 1.54) is 31.2 Å². The number of hydrogen-bond donors (Lipinski definition) is 0. The van der Waals surface area contributed by atoms with Crippen molar-refractivity contribution in [2.45, 2.75) is 46.1 Å². The number of unbranched alkanes of at least 4 members (excludes halogenated alkanes) is 1. The standard InChI is InChI=1S/C16H25BrO2/c1-4-6-7-13(5-2)11-19-12-14-8-9-16(18-3)15(17)10-14/h8-10,13H,4-7,11-12H2,1-3H3. The van der Waals surface area contributed by atoms with Gasteiger partial charge in [0.1, 0.15) is 5.75 Å². The highest BCUT2D eigenvalue weighted by Crippen LogP contribution is 2.26. The zero-order chi connectivity index (χ0) is 14.1. The van der Waals surface area contributed by atoms with Crippen LogP contribution >= 0.6 is 15.9 Å². The third kappa shape index (κ3) is 5.96. The highest BCUT2D eigenvalue weighted by molar-refractivity contribution is 9.10. The molecular weight excluding hydrogens is 304 g/mol. The lowest BCUT2D eigenvalue weighted by Gasteiger charge is -2.15. The number of ether oxygens (including phenoxy) is 2. The van der Waals surface area contributed by atoms with Gasteiger partial charge in [-0.1, -0.05) is 39.2 Å². The molecule has 0 aliphatic rings. The zero-order valence-electron chi connectivity index (χ0n) is 12.2. The number of methoxy groups -OCH3 is 1. The highest BCUT2D eigenvalue weighted by atomic mass is 79.9. The Morgan fingerprint density at radius 1 is 1.26 bits per heavy atom. The van der Waals surface area contributed by atoms with Crippen LogP contribution in [0.1, 0.15) is 45.1 Å². The molecule has 0 spiro atoms. The quantitative estimate of drug-likeness (QED) is 0.621. The fourth-order valence-corrected chi connectivity index (χ4v) is 2.63. The molecule has 1 aromatic carbocycles. The second-order valence-electron chi connectivity index (χ2n) is 4.90. The van der Waals surface area contributed by atoms with Gasteiger partial charge in [0.15, 0.2) is 0 Å². The third-order valence-electron chi connectivity index (χ3n) is 3.38. The van der Waals surface area contributed by atoms with Crippen LogP contribution in [-0.2, 0) is 11.3 Å². The average Bonchev–Trinajstić information content (AvgIpc) is 2.42. The van der Waals surface area contributed by atoms with E-state index in [1.54, 1.807) is 7.11 Å². The van der Waals surface area contributed by atoms with Crippen LogP contribution in [0.3, 0.4) is 0 Å². The minimum atomic E-state index is 0.672. The molecule has 0 aromatic heterocycles. The molecule has 1 unspecified atom stereocenters. The molecule has 1 atom stereocenters. The predicted molar refractivity (Wildman–Crippen MR) is 83.7 cm³/mol. The molecule has 2 nitrogen and oxygen atoms in total. The number of halogens is 1. The summed E-state index contributed by atoms with van der Waals surface area (Å²) in [4.78, 5) is 0. The second kappa shape index (κ2) is 9.38. The molecule has 19 heavy (non-hydrogen) atoms. The lowest BCUT2D eigenvalue weighted by atomic mass is 10.0. The number of hydrogen-bond acceptors (Lipinski definition) is 2. The molecule has 0 heterocycles.